The van der Waals surface area contributed by atoms with Crippen molar-refractivity contribution >= 4 is 21.7 Å². The van der Waals surface area contributed by atoms with Gasteiger partial charge < -0.3 is 0 Å². The van der Waals surface area contributed by atoms with E-state index in [0.29, 0.717) is 4.90 Å². The monoisotopic (exact) mass is 316 g/mol. The third-order valence-corrected chi connectivity index (χ3v) is 5.25. The van der Waals surface area contributed by atoms with Crippen LogP contribution in [0.2, 0.25) is 0 Å². The van der Waals surface area contributed by atoms with Crippen molar-refractivity contribution in [1.82, 2.24) is 4.90 Å². The van der Waals surface area contributed by atoms with E-state index in [1.807, 2.05) is 0 Å². The summed E-state index contributed by atoms with van der Waals surface area (Å²) in [5, 5.41) is 0. The van der Waals surface area contributed by atoms with E-state index in [-0.39, 0.29) is 16.0 Å². The molecule has 112 valence electrons. The highest BCUT2D eigenvalue weighted by atomic mass is 32.2. The van der Waals surface area contributed by atoms with Crippen LogP contribution in [0.3, 0.4) is 0 Å². The Morgan fingerprint density at radius 2 is 1.27 bits per heavy atom. The molecule has 1 aliphatic rings. The molecule has 1 aliphatic heterocycles. The van der Waals surface area contributed by atoms with Gasteiger partial charge >= 0.3 is 0 Å². The van der Waals surface area contributed by atoms with Crippen LogP contribution >= 0.6 is 0 Å². The van der Waals surface area contributed by atoms with Gasteiger partial charge in [-0.15, -0.1) is 0 Å². The van der Waals surface area contributed by atoms with E-state index in [9.17, 15) is 18.0 Å². The number of fused-ring (bicyclic) bond motifs is 1. The highest BCUT2D eigenvalue weighted by Crippen LogP contribution is 2.26. The average molecular weight is 316 g/mol. The molecule has 0 aromatic heterocycles. The van der Waals surface area contributed by atoms with Gasteiger partial charge in [-0.1, -0.05) is 30.3 Å². The van der Waals surface area contributed by atoms with Crippen LogP contribution in [0.1, 0.15) is 20.7 Å². The molecule has 7 heteroatoms. The van der Waals surface area contributed by atoms with Gasteiger partial charge in [0.1, 0.15) is 0 Å². The van der Waals surface area contributed by atoms with Gasteiger partial charge in [0.25, 0.3) is 11.8 Å². The number of benzene rings is 2. The van der Waals surface area contributed by atoms with Crippen LogP contribution in [0.25, 0.3) is 0 Å². The number of sulfone groups is 1. The highest BCUT2D eigenvalue weighted by molar-refractivity contribution is 7.92. The summed E-state index contributed by atoms with van der Waals surface area (Å²) in [5.41, 5.74) is 4.30. The van der Waals surface area contributed by atoms with Crippen LogP contribution < -0.4 is 5.73 Å². The number of carbonyl (C=O) groups excluding carboxylic acids is 2. The smallest absolute Gasteiger partial charge is 0.263 e. The van der Waals surface area contributed by atoms with Crippen molar-refractivity contribution in [3.05, 3.63) is 65.7 Å². The van der Waals surface area contributed by atoms with E-state index in [2.05, 4.69) is 0 Å². The predicted molar refractivity (Wildman–Crippen MR) is 78.5 cm³/mol. The van der Waals surface area contributed by atoms with E-state index in [0.717, 1.165) is 0 Å². The van der Waals surface area contributed by atoms with Crippen LogP contribution in [0.4, 0.5) is 0 Å². The number of nitrogens with zero attached hydrogens (tertiary/aromatic N) is 1. The third-order valence-electron chi connectivity index (χ3n) is 3.47. The zero-order valence-electron chi connectivity index (χ0n) is 11.3. The third kappa shape index (κ3) is 2.02. The summed E-state index contributed by atoms with van der Waals surface area (Å²) in [4.78, 5) is 25.1. The fraction of sp³-hybridized carbons (Fsp3) is 0.0667. The number of nitrogens with two attached hydrogens (primary N) is 1. The lowest BCUT2D eigenvalue weighted by Crippen LogP contribution is -2.50. The molecule has 0 bridgehead atoms. The summed E-state index contributed by atoms with van der Waals surface area (Å²) in [6, 6.07) is 13.6. The van der Waals surface area contributed by atoms with Crippen molar-refractivity contribution in [2.24, 2.45) is 5.73 Å². The largest absolute Gasteiger partial charge is 0.298 e. The number of rotatable bonds is 3. The lowest BCUT2D eigenvalue weighted by Gasteiger charge is -2.22. The van der Waals surface area contributed by atoms with E-state index < -0.39 is 27.1 Å². The minimum absolute atomic E-state index is 0.0425. The normalized spacial score (nSPS) is 15.8. The Kier molecular flexibility index (Phi) is 3.31. The van der Waals surface area contributed by atoms with Gasteiger partial charge in [0.15, 0.2) is 5.50 Å². The number of imide groups is 1. The number of hydrogen-bond donors (Lipinski definition) is 1. The summed E-state index contributed by atoms with van der Waals surface area (Å²) in [7, 11) is -4.04. The predicted octanol–water partition coefficient (Wildman–Crippen LogP) is 0.999. The fourth-order valence-corrected chi connectivity index (χ4v) is 3.61. The Labute approximate surface area is 127 Å². The van der Waals surface area contributed by atoms with E-state index in [4.69, 9.17) is 5.73 Å². The standard InChI is InChI=1S/C15H12N2O4S/c16-15(22(20,21)10-6-2-1-3-7-10)17-13(18)11-8-4-5-9-12(11)14(17)19/h1-9,15H,16H2. The maximum atomic E-state index is 12.5. The SMILES string of the molecule is NC(N1C(=O)c2ccccc2C1=O)S(=O)(=O)c1ccccc1. The lowest BCUT2D eigenvalue weighted by atomic mass is 10.1. The number of carbonyl (C=O) groups is 2. The van der Waals surface area contributed by atoms with Gasteiger partial charge in [0, 0.05) is 0 Å². The van der Waals surface area contributed by atoms with Crippen molar-refractivity contribution in [3.8, 4) is 0 Å². The minimum atomic E-state index is -4.04. The Morgan fingerprint density at radius 1 is 0.818 bits per heavy atom. The fourth-order valence-electron chi connectivity index (χ4n) is 2.33. The zero-order valence-corrected chi connectivity index (χ0v) is 12.2. The molecule has 0 saturated heterocycles. The van der Waals surface area contributed by atoms with Gasteiger partial charge in [-0.3, -0.25) is 15.3 Å². The van der Waals surface area contributed by atoms with Gasteiger partial charge in [-0.05, 0) is 24.3 Å². The molecule has 0 spiro atoms. The topological polar surface area (TPSA) is 97.5 Å². The van der Waals surface area contributed by atoms with Crippen molar-refractivity contribution in [3.63, 3.8) is 0 Å². The molecule has 0 fully saturated rings. The van der Waals surface area contributed by atoms with E-state index in [1.54, 1.807) is 30.3 Å². The second-order valence-corrected chi connectivity index (χ2v) is 6.82. The lowest BCUT2D eigenvalue weighted by molar-refractivity contribution is 0.0634. The maximum absolute atomic E-state index is 12.5. The quantitative estimate of drug-likeness (QED) is 0.852. The van der Waals surface area contributed by atoms with Gasteiger partial charge in [0.2, 0.25) is 9.84 Å². The molecule has 2 N–H and O–H groups in total. The highest BCUT2D eigenvalue weighted by Gasteiger charge is 2.43. The first-order chi connectivity index (χ1) is 10.4. The Morgan fingerprint density at radius 3 is 1.77 bits per heavy atom. The second-order valence-electron chi connectivity index (χ2n) is 4.77. The molecule has 0 radical (unpaired) electrons. The van der Waals surface area contributed by atoms with Crippen LogP contribution in [-0.2, 0) is 9.84 Å². The first kappa shape index (κ1) is 14.4. The summed E-state index contributed by atoms with van der Waals surface area (Å²) in [6.45, 7) is 0. The molecule has 0 aliphatic carbocycles. The summed E-state index contributed by atoms with van der Waals surface area (Å²) < 4.78 is 25.0. The molecule has 0 saturated carbocycles. The molecule has 2 aromatic rings. The van der Waals surface area contributed by atoms with E-state index >= 15 is 0 Å². The molecule has 3 rings (SSSR count). The molecule has 1 heterocycles. The van der Waals surface area contributed by atoms with Crippen molar-refractivity contribution < 1.29 is 18.0 Å². The molecule has 2 aromatic carbocycles. The van der Waals surface area contributed by atoms with Gasteiger partial charge in [-0.2, -0.15) is 0 Å². The molecule has 1 unspecified atom stereocenters. The van der Waals surface area contributed by atoms with Crippen molar-refractivity contribution in [2.75, 3.05) is 0 Å². The Bertz CT molecular complexity index is 827. The molecule has 2 amide bonds. The number of hydrogen-bond acceptors (Lipinski definition) is 5. The molecular formula is C15H12N2O4S. The summed E-state index contributed by atoms with van der Waals surface area (Å²) in [5.74, 6) is -1.40. The molecule has 22 heavy (non-hydrogen) atoms. The van der Waals surface area contributed by atoms with Crippen molar-refractivity contribution in [2.45, 2.75) is 10.4 Å². The number of amides is 2. The van der Waals surface area contributed by atoms with Crippen LogP contribution in [0.15, 0.2) is 59.5 Å². The minimum Gasteiger partial charge on any atom is -0.298 e. The maximum Gasteiger partial charge on any atom is 0.263 e. The van der Waals surface area contributed by atoms with Crippen LogP contribution in [-0.4, -0.2) is 30.6 Å². The molecular weight excluding hydrogens is 304 g/mol. The Balaban J connectivity index is 2.03. The first-order valence-corrected chi connectivity index (χ1v) is 8.00. The van der Waals surface area contributed by atoms with E-state index in [1.165, 1.54) is 24.3 Å². The Hall–Kier alpha value is -2.51. The van der Waals surface area contributed by atoms with Gasteiger partial charge in [-0.25, -0.2) is 13.3 Å². The second kappa shape index (κ2) is 5.04. The van der Waals surface area contributed by atoms with Gasteiger partial charge in [0.05, 0.1) is 16.0 Å². The van der Waals surface area contributed by atoms with Crippen LogP contribution in [0.5, 0.6) is 0 Å². The summed E-state index contributed by atoms with van der Waals surface area (Å²) in [6.07, 6.45) is 0. The molecule has 1 atom stereocenters. The average Bonchev–Trinajstić information content (AvgIpc) is 2.79. The summed E-state index contributed by atoms with van der Waals surface area (Å²) >= 11 is 0. The zero-order chi connectivity index (χ0) is 15.9. The molecule has 6 nitrogen and oxygen atoms in total. The van der Waals surface area contributed by atoms with Crippen molar-refractivity contribution in [1.29, 1.82) is 0 Å². The van der Waals surface area contributed by atoms with Crippen LogP contribution in [0, 0.1) is 0 Å². The first-order valence-electron chi connectivity index (χ1n) is 6.46.